The maximum absolute atomic E-state index is 11.5. The maximum atomic E-state index is 11.5. The number of carbonyl (C=O) groups is 1. The van der Waals surface area contributed by atoms with Crippen LogP contribution in [0.2, 0.25) is 0 Å². The first-order valence-electron chi connectivity index (χ1n) is 9.65. The lowest BCUT2D eigenvalue weighted by atomic mass is 9.94. The van der Waals surface area contributed by atoms with Gasteiger partial charge in [-0.1, -0.05) is 6.92 Å². The number of hydrogen-bond acceptors (Lipinski definition) is 3. The molecule has 2 fully saturated rings. The molecule has 0 saturated carbocycles. The van der Waals surface area contributed by atoms with Crippen molar-refractivity contribution >= 4 is 35.8 Å². The average molecular weight is 465 g/mol. The van der Waals surface area contributed by atoms with Crippen molar-refractivity contribution in [3.8, 4) is 0 Å². The smallest absolute Gasteiger partial charge is 0.219 e. The van der Waals surface area contributed by atoms with E-state index in [1.54, 1.807) is 6.92 Å². The SMILES string of the molecule is CCNC(=NCCC1CCN(CC)CC1)N1CCN(C(C)=O)CC1.I. The number of amides is 1. The highest BCUT2D eigenvalue weighted by atomic mass is 127. The number of halogens is 1. The van der Waals surface area contributed by atoms with Gasteiger partial charge in [-0.05, 0) is 51.7 Å². The lowest BCUT2D eigenvalue weighted by molar-refractivity contribution is -0.130. The largest absolute Gasteiger partial charge is 0.357 e. The molecular formula is C18H36IN5O. The molecule has 2 heterocycles. The average Bonchev–Trinajstić information content (AvgIpc) is 2.61. The molecule has 6 nitrogen and oxygen atoms in total. The third-order valence-electron chi connectivity index (χ3n) is 5.31. The Labute approximate surface area is 170 Å². The second kappa shape index (κ2) is 11.9. The van der Waals surface area contributed by atoms with E-state index < -0.39 is 0 Å². The number of piperidine rings is 1. The van der Waals surface area contributed by atoms with E-state index in [1.807, 2.05) is 4.90 Å². The molecule has 0 aromatic rings. The Balaban J connectivity index is 0.00000312. The Kier molecular flexibility index (Phi) is 10.7. The van der Waals surface area contributed by atoms with Crippen LogP contribution >= 0.6 is 24.0 Å². The first kappa shape index (κ1) is 22.5. The predicted octanol–water partition coefficient (Wildman–Crippen LogP) is 1.86. The fourth-order valence-electron chi connectivity index (χ4n) is 3.60. The van der Waals surface area contributed by atoms with Crippen LogP contribution in [0.4, 0.5) is 0 Å². The Morgan fingerprint density at radius 1 is 1.04 bits per heavy atom. The number of guanidine groups is 1. The van der Waals surface area contributed by atoms with E-state index >= 15 is 0 Å². The van der Waals surface area contributed by atoms with Gasteiger partial charge >= 0.3 is 0 Å². The third-order valence-corrected chi connectivity index (χ3v) is 5.31. The number of likely N-dealkylation sites (tertiary alicyclic amines) is 1. The van der Waals surface area contributed by atoms with E-state index in [9.17, 15) is 4.79 Å². The van der Waals surface area contributed by atoms with Crippen LogP contribution in [0.15, 0.2) is 4.99 Å². The van der Waals surface area contributed by atoms with Crippen molar-refractivity contribution in [1.29, 1.82) is 0 Å². The van der Waals surface area contributed by atoms with E-state index in [4.69, 9.17) is 4.99 Å². The van der Waals surface area contributed by atoms with Crippen LogP contribution in [0.1, 0.15) is 40.0 Å². The van der Waals surface area contributed by atoms with Gasteiger partial charge in [0, 0.05) is 46.2 Å². The van der Waals surface area contributed by atoms with Crippen LogP contribution < -0.4 is 5.32 Å². The minimum atomic E-state index is 0. The third kappa shape index (κ3) is 7.29. The van der Waals surface area contributed by atoms with Crippen LogP contribution in [0.25, 0.3) is 0 Å². The number of carbonyl (C=O) groups excluding carboxylic acids is 1. The molecular weight excluding hydrogens is 429 g/mol. The number of nitrogens with zero attached hydrogens (tertiary/aromatic N) is 4. The normalized spacial score (nSPS) is 20.4. The van der Waals surface area contributed by atoms with E-state index in [-0.39, 0.29) is 29.9 Å². The van der Waals surface area contributed by atoms with Crippen LogP contribution in [0, 0.1) is 5.92 Å². The molecule has 7 heteroatoms. The van der Waals surface area contributed by atoms with E-state index in [0.717, 1.165) is 51.1 Å². The highest BCUT2D eigenvalue weighted by Crippen LogP contribution is 2.20. The van der Waals surface area contributed by atoms with Crippen molar-refractivity contribution in [2.45, 2.75) is 40.0 Å². The van der Waals surface area contributed by atoms with Crippen LogP contribution in [-0.4, -0.2) is 85.5 Å². The molecule has 2 rings (SSSR count). The van der Waals surface area contributed by atoms with Crippen molar-refractivity contribution in [3.05, 3.63) is 0 Å². The van der Waals surface area contributed by atoms with Gasteiger partial charge in [-0.15, -0.1) is 24.0 Å². The van der Waals surface area contributed by atoms with E-state index in [1.165, 1.54) is 38.9 Å². The Hall–Kier alpha value is -0.570. The summed E-state index contributed by atoms with van der Waals surface area (Å²) in [5, 5.41) is 3.41. The highest BCUT2D eigenvalue weighted by Gasteiger charge is 2.21. The number of hydrogen-bond donors (Lipinski definition) is 1. The summed E-state index contributed by atoms with van der Waals surface area (Å²) in [6, 6.07) is 0. The Morgan fingerprint density at radius 3 is 2.16 bits per heavy atom. The van der Waals surface area contributed by atoms with Gasteiger partial charge in [-0.2, -0.15) is 0 Å². The maximum Gasteiger partial charge on any atom is 0.219 e. The zero-order chi connectivity index (χ0) is 17.4. The number of nitrogens with one attached hydrogen (secondary N) is 1. The summed E-state index contributed by atoms with van der Waals surface area (Å²) in [6.45, 7) is 14.8. The zero-order valence-electron chi connectivity index (χ0n) is 16.2. The monoisotopic (exact) mass is 465 g/mol. The molecule has 1 N–H and O–H groups in total. The molecule has 2 saturated heterocycles. The summed E-state index contributed by atoms with van der Waals surface area (Å²) in [5.41, 5.74) is 0. The van der Waals surface area contributed by atoms with Gasteiger partial charge in [0.15, 0.2) is 5.96 Å². The minimum Gasteiger partial charge on any atom is -0.357 e. The molecule has 1 amide bonds. The van der Waals surface area contributed by atoms with Crippen molar-refractivity contribution in [3.63, 3.8) is 0 Å². The summed E-state index contributed by atoms with van der Waals surface area (Å²) in [5.74, 6) is 2.02. The molecule has 146 valence electrons. The van der Waals surface area contributed by atoms with Crippen molar-refractivity contribution < 1.29 is 4.79 Å². The van der Waals surface area contributed by atoms with E-state index in [2.05, 4.69) is 29.0 Å². The van der Waals surface area contributed by atoms with Crippen LogP contribution in [0.5, 0.6) is 0 Å². The van der Waals surface area contributed by atoms with Gasteiger partial charge in [-0.25, -0.2) is 0 Å². The molecule has 0 bridgehead atoms. The summed E-state index contributed by atoms with van der Waals surface area (Å²) >= 11 is 0. The quantitative estimate of drug-likeness (QED) is 0.383. The minimum absolute atomic E-state index is 0. The van der Waals surface area contributed by atoms with Gasteiger partial charge in [-0.3, -0.25) is 9.79 Å². The molecule has 0 aromatic carbocycles. The van der Waals surface area contributed by atoms with Gasteiger partial charge in [0.1, 0.15) is 0 Å². The highest BCUT2D eigenvalue weighted by molar-refractivity contribution is 14.0. The molecule has 0 unspecified atom stereocenters. The first-order valence-corrected chi connectivity index (χ1v) is 9.65. The molecule has 0 aliphatic carbocycles. The molecule has 0 spiro atoms. The van der Waals surface area contributed by atoms with E-state index in [0.29, 0.717) is 0 Å². The Morgan fingerprint density at radius 2 is 1.64 bits per heavy atom. The second-order valence-corrected chi connectivity index (χ2v) is 6.90. The number of piperazine rings is 1. The number of rotatable bonds is 5. The van der Waals surface area contributed by atoms with Gasteiger partial charge in [0.25, 0.3) is 0 Å². The van der Waals surface area contributed by atoms with Crippen LogP contribution in [0.3, 0.4) is 0 Å². The molecule has 2 aliphatic heterocycles. The predicted molar refractivity (Wildman–Crippen MR) is 115 cm³/mol. The summed E-state index contributed by atoms with van der Waals surface area (Å²) in [4.78, 5) is 23.1. The zero-order valence-corrected chi connectivity index (χ0v) is 18.5. The molecule has 0 atom stereocenters. The van der Waals surface area contributed by atoms with Crippen LogP contribution in [-0.2, 0) is 4.79 Å². The Bertz CT molecular complexity index is 416. The second-order valence-electron chi connectivity index (χ2n) is 6.90. The fraction of sp³-hybridized carbons (Fsp3) is 0.889. The molecule has 0 aromatic heterocycles. The van der Waals surface area contributed by atoms with Gasteiger partial charge in [0.05, 0.1) is 0 Å². The lowest BCUT2D eigenvalue weighted by Crippen LogP contribution is -2.53. The van der Waals surface area contributed by atoms with Crippen molar-refractivity contribution in [1.82, 2.24) is 20.0 Å². The van der Waals surface area contributed by atoms with Gasteiger partial charge in [0.2, 0.25) is 5.91 Å². The first-order chi connectivity index (χ1) is 11.6. The number of aliphatic imine (C=N–C) groups is 1. The lowest BCUT2D eigenvalue weighted by Gasteiger charge is -2.36. The molecule has 0 radical (unpaired) electrons. The summed E-state index contributed by atoms with van der Waals surface area (Å²) in [6.07, 6.45) is 3.83. The van der Waals surface area contributed by atoms with Crippen molar-refractivity contribution in [2.24, 2.45) is 10.9 Å². The molecule has 25 heavy (non-hydrogen) atoms. The van der Waals surface area contributed by atoms with Gasteiger partial charge < -0.3 is 20.0 Å². The summed E-state index contributed by atoms with van der Waals surface area (Å²) < 4.78 is 0. The molecule has 2 aliphatic rings. The van der Waals surface area contributed by atoms with Crippen molar-refractivity contribution in [2.75, 3.05) is 58.9 Å². The topological polar surface area (TPSA) is 51.2 Å². The fourth-order valence-corrected chi connectivity index (χ4v) is 3.60. The standard InChI is InChI=1S/C18H35N5O.HI/c1-4-19-18(23-14-12-22(13-15-23)16(3)24)20-9-6-17-7-10-21(5-2)11-8-17;/h17H,4-15H2,1-3H3,(H,19,20);1H. The summed E-state index contributed by atoms with van der Waals surface area (Å²) in [7, 11) is 0.